The van der Waals surface area contributed by atoms with Crippen molar-refractivity contribution in [1.82, 2.24) is 0 Å². The van der Waals surface area contributed by atoms with Gasteiger partial charge in [0.2, 0.25) is 0 Å². The maximum absolute atomic E-state index is 8.76. The van der Waals surface area contributed by atoms with E-state index < -0.39 is 0 Å². The Morgan fingerprint density at radius 1 is 1.10 bits per heavy atom. The van der Waals surface area contributed by atoms with E-state index in [1.54, 1.807) is 0 Å². The van der Waals surface area contributed by atoms with Gasteiger partial charge in [0, 0.05) is 5.92 Å². The molecule has 0 aromatic heterocycles. The molecule has 0 radical (unpaired) electrons. The Labute approximate surface area is 62.0 Å². The quantitative estimate of drug-likeness (QED) is 0.500. The molecule has 3 saturated carbocycles. The standard InChI is InChI=1S/C9H13N/c10-6-9-5-7-1-3-8(9)4-2-7/h7-9H,1-5H2. The van der Waals surface area contributed by atoms with Crippen LogP contribution in [-0.2, 0) is 0 Å². The molecule has 0 saturated heterocycles. The molecule has 10 heavy (non-hydrogen) atoms. The fourth-order valence-electron chi connectivity index (χ4n) is 2.54. The third kappa shape index (κ3) is 0.831. The molecular weight excluding hydrogens is 122 g/mol. The van der Waals surface area contributed by atoms with E-state index in [1.807, 2.05) is 0 Å². The molecule has 0 spiro atoms. The van der Waals surface area contributed by atoms with Crippen LogP contribution in [0.5, 0.6) is 0 Å². The summed E-state index contributed by atoms with van der Waals surface area (Å²) in [6.45, 7) is 0. The topological polar surface area (TPSA) is 23.8 Å². The summed E-state index contributed by atoms with van der Waals surface area (Å²) in [6.07, 6.45) is 6.69. The van der Waals surface area contributed by atoms with Crippen molar-refractivity contribution in [3.8, 4) is 6.07 Å². The van der Waals surface area contributed by atoms with Gasteiger partial charge < -0.3 is 0 Å². The second-order valence-corrected chi connectivity index (χ2v) is 3.75. The van der Waals surface area contributed by atoms with Gasteiger partial charge in [-0.2, -0.15) is 5.26 Å². The summed E-state index contributed by atoms with van der Waals surface area (Å²) in [5.41, 5.74) is 0. The lowest BCUT2D eigenvalue weighted by Gasteiger charge is -2.39. The largest absolute Gasteiger partial charge is 0.198 e. The zero-order chi connectivity index (χ0) is 6.97. The van der Waals surface area contributed by atoms with Gasteiger partial charge in [0.05, 0.1) is 6.07 Å². The van der Waals surface area contributed by atoms with E-state index in [-0.39, 0.29) is 0 Å². The van der Waals surface area contributed by atoms with Crippen LogP contribution in [0.4, 0.5) is 0 Å². The second-order valence-electron chi connectivity index (χ2n) is 3.75. The summed E-state index contributed by atoms with van der Waals surface area (Å²) in [4.78, 5) is 0. The Balaban J connectivity index is 2.09. The number of nitrogens with zero attached hydrogens (tertiary/aromatic N) is 1. The van der Waals surface area contributed by atoms with Gasteiger partial charge in [-0.1, -0.05) is 12.8 Å². The van der Waals surface area contributed by atoms with Crippen LogP contribution in [0, 0.1) is 29.1 Å². The first kappa shape index (κ1) is 6.22. The zero-order valence-electron chi connectivity index (χ0n) is 6.21. The first-order valence-electron chi connectivity index (χ1n) is 4.30. The van der Waals surface area contributed by atoms with Crippen molar-refractivity contribution in [1.29, 1.82) is 5.26 Å². The van der Waals surface area contributed by atoms with Gasteiger partial charge >= 0.3 is 0 Å². The van der Waals surface area contributed by atoms with Crippen LogP contribution in [0.25, 0.3) is 0 Å². The lowest BCUT2D eigenvalue weighted by atomic mass is 9.65. The highest BCUT2D eigenvalue weighted by molar-refractivity contribution is 4.96. The molecule has 0 N–H and O–H groups in total. The van der Waals surface area contributed by atoms with Gasteiger partial charge in [-0.05, 0) is 31.1 Å². The van der Waals surface area contributed by atoms with Crippen LogP contribution in [0.2, 0.25) is 0 Å². The molecule has 2 bridgehead atoms. The van der Waals surface area contributed by atoms with Crippen LogP contribution in [0.3, 0.4) is 0 Å². The summed E-state index contributed by atoms with van der Waals surface area (Å²) in [5, 5.41) is 8.76. The monoisotopic (exact) mass is 135 g/mol. The van der Waals surface area contributed by atoms with Gasteiger partial charge in [-0.15, -0.1) is 0 Å². The molecule has 0 aliphatic heterocycles. The molecular formula is C9H13N. The minimum absolute atomic E-state index is 0.424. The summed E-state index contributed by atoms with van der Waals surface area (Å²) < 4.78 is 0. The minimum atomic E-state index is 0.424. The fourth-order valence-corrected chi connectivity index (χ4v) is 2.54. The van der Waals surface area contributed by atoms with E-state index in [0.717, 1.165) is 11.8 Å². The zero-order valence-corrected chi connectivity index (χ0v) is 6.21. The number of hydrogen-bond donors (Lipinski definition) is 0. The SMILES string of the molecule is N#CC1CC2CCC1CC2. The highest BCUT2D eigenvalue weighted by atomic mass is 14.4. The molecule has 3 fully saturated rings. The summed E-state index contributed by atoms with van der Waals surface area (Å²) in [7, 11) is 0. The molecule has 3 aliphatic rings. The van der Waals surface area contributed by atoms with Crippen molar-refractivity contribution in [2.24, 2.45) is 17.8 Å². The molecule has 0 amide bonds. The van der Waals surface area contributed by atoms with Gasteiger partial charge in [0.15, 0.2) is 0 Å². The third-order valence-corrected chi connectivity index (χ3v) is 3.21. The average Bonchev–Trinajstić information content (AvgIpc) is 2.06. The molecule has 0 heterocycles. The first-order valence-corrected chi connectivity index (χ1v) is 4.30. The second kappa shape index (κ2) is 2.27. The molecule has 54 valence electrons. The Morgan fingerprint density at radius 2 is 1.80 bits per heavy atom. The molecule has 0 aromatic rings. The predicted octanol–water partition coefficient (Wildman–Crippen LogP) is 2.34. The first-order chi connectivity index (χ1) is 4.90. The number of hydrogen-bond acceptors (Lipinski definition) is 1. The maximum Gasteiger partial charge on any atom is 0.0658 e. The van der Waals surface area contributed by atoms with Crippen LogP contribution in [-0.4, -0.2) is 0 Å². The smallest absolute Gasteiger partial charge is 0.0658 e. The minimum Gasteiger partial charge on any atom is -0.198 e. The number of fused-ring (bicyclic) bond motifs is 3. The Bertz CT molecular complexity index is 160. The van der Waals surface area contributed by atoms with Crippen molar-refractivity contribution < 1.29 is 0 Å². The van der Waals surface area contributed by atoms with Crippen molar-refractivity contribution in [2.75, 3.05) is 0 Å². The van der Waals surface area contributed by atoms with Crippen molar-refractivity contribution in [3.05, 3.63) is 0 Å². The normalized spacial score (nSPS) is 44.9. The molecule has 1 unspecified atom stereocenters. The van der Waals surface area contributed by atoms with Crippen LogP contribution >= 0.6 is 0 Å². The van der Waals surface area contributed by atoms with E-state index in [2.05, 4.69) is 6.07 Å². The Morgan fingerprint density at radius 3 is 2.10 bits per heavy atom. The molecule has 1 nitrogen and oxygen atoms in total. The van der Waals surface area contributed by atoms with E-state index in [4.69, 9.17) is 5.26 Å². The molecule has 0 aromatic carbocycles. The number of rotatable bonds is 0. The molecule has 3 aliphatic carbocycles. The highest BCUT2D eigenvalue weighted by Gasteiger charge is 2.35. The Hall–Kier alpha value is -0.510. The summed E-state index contributed by atoms with van der Waals surface area (Å²) in [5.74, 6) is 2.11. The van der Waals surface area contributed by atoms with Crippen LogP contribution in [0.1, 0.15) is 32.1 Å². The van der Waals surface area contributed by atoms with Crippen LogP contribution < -0.4 is 0 Å². The predicted molar refractivity (Wildman–Crippen MR) is 39.2 cm³/mol. The van der Waals surface area contributed by atoms with Crippen molar-refractivity contribution >= 4 is 0 Å². The molecule has 1 atom stereocenters. The molecule has 1 heteroatoms. The van der Waals surface area contributed by atoms with E-state index >= 15 is 0 Å². The maximum atomic E-state index is 8.76. The van der Waals surface area contributed by atoms with Crippen molar-refractivity contribution in [3.63, 3.8) is 0 Å². The Kier molecular flexibility index (Phi) is 1.41. The van der Waals surface area contributed by atoms with Gasteiger partial charge in [0.1, 0.15) is 0 Å². The van der Waals surface area contributed by atoms with Gasteiger partial charge in [-0.25, -0.2) is 0 Å². The van der Waals surface area contributed by atoms with E-state index in [9.17, 15) is 0 Å². The molecule has 3 rings (SSSR count). The summed E-state index contributed by atoms with van der Waals surface area (Å²) in [6, 6.07) is 2.44. The lowest BCUT2D eigenvalue weighted by Crippen LogP contribution is -2.30. The average molecular weight is 135 g/mol. The fraction of sp³-hybridized carbons (Fsp3) is 0.889. The third-order valence-electron chi connectivity index (χ3n) is 3.21. The van der Waals surface area contributed by atoms with E-state index in [1.165, 1.54) is 32.1 Å². The van der Waals surface area contributed by atoms with Gasteiger partial charge in [0.25, 0.3) is 0 Å². The highest BCUT2D eigenvalue weighted by Crippen LogP contribution is 2.44. The number of nitriles is 1. The summed E-state index contributed by atoms with van der Waals surface area (Å²) >= 11 is 0. The van der Waals surface area contributed by atoms with E-state index in [0.29, 0.717) is 5.92 Å². The lowest BCUT2D eigenvalue weighted by molar-refractivity contribution is 0.132. The van der Waals surface area contributed by atoms with Gasteiger partial charge in [-0.3, -0.25) is 0 Å². The van der Waals surface area contributed by atoms with Crippen molar-refractivity contribution in [2.45, 2.75) is 32.1 Å². The van der Waals surface area contributed by atoms with Crippen LogP contribution in [0.15, 0.2) is 0 Å².